The lowest BCUT2D eigenvalue weighted by Crippen LogP contribution is -2.22. The lowest BCUT2D eigenvalue weighted by molar-refractivity contribution is 0.0956. The molecule has 1 aromatic rings. The summed E-state index contributed by atoms with van der Waals surface area (Å²) in [6.07, 6.45) is 5.98. The molecular formula is C15H18BrNO. The Balaban J connectivity index is 1.85. The lowest BCUT2D eigenvalue weighted by atomic mass is 9.98. The molecule has 1 unspecified atom stereocenters. The maximum atomic E-state index is 12.0. The molecule has 2 nitrogen and oxygen atoms in total. The summed E-state index contributed by atoms with van der Waals surface area (Å²) in [6, 6.07) is 6.40. The zero-order chi connectivity index (χ0) is 12.5. The highest BCUT2D eigenvalue weighted by molar-refractivity contribution is 9.09. The average molecular weight is 308 g/mol. The van der Waals surface area contributed by atoms with Crippen LogP contribution in [0.25, 0.3) is 0 Å². The van der Waals surface area contributed by atoms with Gasteiger partial charge in [-0.25, -0.2) is 0 Å². The van der Waals surface area contributed by atoms with Crippen LogP contribution in [0, 0.1) is 5.92 Å². The standard InChI is InChI=1S/C15H18BrNO/c16-14(8-10-3-4-10)12-6-5-11-2-1-7-17-15(18)13(11)9-12/h5-6,9-10,14H,1-4,7-8H2,(H,17,18). The normalized spacial score (nSPS) is 20.8. The Hall–Kier alpha value is -0.830. The minimum Gasteiger partial charge on any atom is -0.352 e. The fourth-order valence-corrected chi connectivity index (χ4v) is 3.39. The molecule has 1 fully saturated rings. The van der Waals surface area contributed by atoms with Crippen molar-refractivity contribution >= 4 is 21.8 Å². The third-order valence-corrected chi connectivity index (χ3v) is 4.79. The first-order chi connectivity index (χ1) is 8.74. The van der Waals surface area contributed by atoms with E-state index in [2.05, 4.69) is 39.4 Å². The number of halogens is 1. The number of rotatable bonds is 3. The van der Waals surface area contributed by atoms with Gasteiger partial charge in [0.2, 0.25) is 0 Å². The molecular weight excluding hydrogens is 290 g/mol. The highest BCUT2D eigenvalue weighted by Gasteiger charge is 2.25. The van der Waals surface area contributed by atoms with E-state index in [4.69, 9.17) is 0 Å². The molecule has 1 aliphatic heterocycles. The second kappa shape index (κ2) is 5.04. The van der Waals surface area contributed by atoms with Crippen molar-refractivity contribution < 1.29 is 4.79 Å². The number of hydrogen-bond acceptors (Lipinski definition) is 1. The summed E-state index contributed by atoms with van der Waals surface area (Å²) in [5.41, 5.74) is 3.32. The minimum atomic E-state index is 0.0930. The van der Waals surface area contributed by atoms with Crippen LogP contribution in [0.1, 0.15) is 52.0 Å². The van der Waals surface area contributed by atoms with Crippen molar-refractivity contribution in [3.63, 3.8) is 0 Å². The van der Waals surface area contributed by atoms with E-state index >= 15 is 0 Å². The number of hydrogen-bond donors (Lipinski definition) is 1. The van der Waals surface area contributed by atoms with Crippen molar-refractivity contribution in [1.82, 2.24) is 5.32 Å². The molecule has 96 valence electrons. The van der Waals surface area contributed by atoms with Crippen molar-refractivity contribution in [2.24, 2.45) is 5.92 Å². The number of amides is 1. The van der Waals surface area contributed by atoms with Gasteiger partial charge in [0.15, 0.2) is 0 Å². The zero-order valence-corrected chi connectivity index (χ0v) is 12.0. The number of carbonyl (C=O) groups excluding carboxylic acids is 1. The molecule has 0 aromatic heterocycles. The van der Waals surface area contributed by atoms with E-state index in [1.165, 1.54) is 30.4 Å². The molecule has 0 spiro atoms. The molecule has 1 amide bonds. The smallest absolute Gasteiger partial charge is 0.251 e. The first-order valence-corrected chi connectivity index (χ1v) is 7.70. The van der Waals surface area contributed by atoms with Crippen molar-refractivity contribution in [3.05, 3.63) is 34.9 Å². The molecule has 3 heteroatoms. The summed E-state index contributed by atoms with van der Waals surface area (Å²) in [7, 11) is 0. The Morgan fingerprint density at radius 1 is 1.39 bits per heavy atom. The monoisotopic (exact) mass is 307 g/mol. The van der Waals surface area contributed by atoms with Gasteiger partial charge < -0.3 is 5.32 Å². The first-order valence-electron chi connectivity index (χ1n) is 6.79. The SMILES string of the molecule is O=C1NCCCc2ccc(C(Br)CC3CC3)cc21. The minimum absolute atomic E-state index is 0.0930. The number of nitrogens with one attached hydrogen (secondary N) is 1. The molecule has 2 aliphatic rings. The number of carbonyl (C=O) groups is 1. The highest BCUT2D eigenvalue weighted by atomic mass is 79.9. The van der Waals surface area contributed by atoms with Crippen LogP contribution in [-0.4, -0.2) is 12.5 Å². The third kappa shape index (κ3) is 2.61. The molecule has 1 heterocycles. The Kier molecular flexibility index (Phi) is 3.42. The fraction of sp³-hybridized carbons (Fsp3) is 0.533. The Morgan fingerprint density at radius 3 is 3.00 bits per heavy atom. The Labute approximate surface area is 116 Å². The molecule has 3 rings (SSSR count). The van der Waals surface area contributed by atoms with Crippen LogP contribution < -0.4 is 5.32 Å². The third-order valence-electron chi connectivity index (χ3n) is 3.89. The van der Waals surface area contributed by atoms with Crippen molar-refractivity contribution in [3.8, 4) is 0 Å². The van der Waals surface area contributed by atoms with Crippen LogP contribution in [-0.2, 0) is 6.42 Å². The van der Waals surface area contributed by atoms with Gasteiger partial charge in [0.25, 0.3) is 5.91 Å². The van der Waals surface area contributed by atoms with Gasteiger partial charge in [-0.1, -0.05) is 40.9 Å². The van der Waals surface area contributed by atoms with E-state index in [1.54, 1.807) is 0 Å². The predicted molar refractivity (Wildman–Crippen MR) is 76.1 cm³/mol. The van der Waals surface area contributed by atoms with Gasteiger partial charge in [-0.15, -0.1) is 0 Å². The fourth-order valence-electron chi connectivity index (χ4n) is 2.58. The van der Waals surface area contributed by atoms with Crippen LogP contribution in [0.4, 0.5) is 0 Å². The van der Waals surface area contributed by atoms with Gasteiger partial charge >= 0.3 is 0 Å². The van der Waals surface area contributed by atoms with Gasteiger partial charge in [-0.05, 0) is 42.4 Å². The molecule has 1 atom stereocenters. The highest BCUT2D eigenvalue weighted by Crippen LogP contribution is 2.41. The average Bonchev–Trinajstić information content (AvgIpc) is 3.18. The maximum Gasteiger partial charge on any atom is 0.251 e. The van der Waals surface area contributed by atoms with E-state index in [9.17, 15) is 4.79 Å². The number of alkyl halides is 1. The number of aryl methyl sites for hydroxylation is 1. The van der Waals surface area contributed by atoms with Crippen LogP contribution in [0.5, 0.6) is 0 Å². The van der Waals surface area contributed by atoms with E-state index < -0.39 is 0 Å². The maximum absolute atomic E-state index is 12.0. The summed E-state index contributed by atoms with van der Waals surface area (Å²) in [5.74, 6) is 0.984. The van der Waals surface area contributed by atoms with Crippen molar-refractivity contribution in [1.29, 1.82) is 0 Å². The number of fused-ring (bicyclic) bond motifs is 1. The van der Waals surface area contributed by atoms with E-state index in [1.807, 2.05) is 0 Å². The van der Waals surface area contributed by atoms with Crippen LogP contribution >= 0.6 is 15.9 Å². The van der Waals surface area contributed by atoms with Gasteiger partial charge in [0, 0.05) is 16.9 Å². The molecule has 1 aromatic carbocycles. The van der Waals surface area contributed by atoms with Crippen molar-refractivity contribution in [2.45, 2.75) is 36.9 Å². The summed E-state index contributed by atoms with van der Waals surface area (Å²) in [4.78, 5) is 12.4. The second-order valence-corrected chi connectivity index (χ2v) is 6.53. The van der Waals surface area contributed by atoms with Crippen LogP contribution in [0.2, 0.25) is 0 Å². The first kappa shape index (κ1) is 12.2. The summed E-state index contributed by atoms with van der Waals surface area (Å²) in [6.45, 7) is 0.794. The van der Waals surface area contributed by atoms with Crippen LogP contribution in [0.15, 0.2) is 18.2 Å². The summed E-state index contributed by atoms with van der Waals surface area (Å²) in [5, 5.41) is 2.97. The van der Waals surface area contributed by atoms with Gasteiger partial charge in [0.05, 0.1) is 0 Å². The van der Waals surface area contributed by atoms with Crippen molar-refractivity contribution in [2.75, 3.05) is 6.54 Å². The summed E-state index contributed by atoms with van der Waals surface area (Å²) < 4.78 is 0. The summed E-state index contributed by atoms with van der Waals surface area (Å²) >= 11 is 3.76. The predicted octanol–water partition coefficient (Wildman–Crippen LogP) is 3.60. The molecule has 0 saturated heterocycles. The number of benzene rings is 1. The van der Waals surface area contributed by atoms with E-state index in [-0.39, 0.29) is 5.91 Å². The molecule has 1 N–H and O–H groups in total. The molecule has 1 aliphatic carbocycles. The Morgan fingerprint density at radius 2 is 2.22 bits per heavy atom. The van der Waals surface area contributed by atoms with Gasteiger partial charge in [-0.3, -0.25) is 4.79 Å². The molecule has 1 saturated carbocycles. The van der Waals surface area contributed by atoms with Gasteiger partial charge in [-0.2, -0.15) is 0 Å². The quantitative estimate of drug-likeness (QED) is 0.849. The van der Waals surface area contributed by atoms with Crippen LogP contribution in [0.3, 0.4) is 0 Å². The zero-order valence-electron chi connectivity index (χ0n) is 10.4. The Bertz CT molecular complexity index is 468. The second-order valence-electron chi connectivity index (χ2n) is 5.42. The topological polar surface area (TPSA) is 29.1 Å². The van der Waals surface area contributed by atoms with Gasteiger partial charge in [0.1, 0.15) is 0 Å². The van der Waals surface area contributed by atoms with E-state index in [0.717, 1.165) is 30.9 Å². The molecule has 0 radical (unpaired) electrons. The molecule has 0 bridgehead atoms. The molecule has 18 heavy (non-hydrogen) atoms. The lowest BCUT2D eigenvalue weighted by Gasteiger charge is -2.12. The largest absolute Gasteiger partial charge is 0.352 e. The van der Waals surface area contributed by atoms with E-state index in [0.29, 0.717) is 4.83 Å².